The van der Waals surface area contributed by atoms with E-state index in [-0.39, 0.29) is 29.9 Å². The summed E-state index contributed by atoms with van der Waals surface area (Å²) in [4.78, 5) is 13.4. The summed E-state index contributed by atoms with van der Waals surface area (Å²) in [7, 11) is 0. The first-order valence-corrected chi connectivity index (χ1v) is 8.09. The zero-order chi connectivity index (χ0) is 19.5. The van der Waals surface area contributed by atoms with Crippen molar-refractivity contribution in [2.24, 2.45) is 5.92 Å². The highest BCUT2D eigenvalue weighted by Gasteiger charge is 2.54. The van der Waals surface area contributed by atoms with E-state index in [2.05, 4.69) is 0 Å². The van der Waals surface area contributed by atoms with Crippen LogP contribution in [-0.2, 0) is 17.1 Å². The van der Waals surface area contributed by atoms with Crippen molar-refractivity contribution in [2.75, 3.05) is 11.4 Å². The SMILES string of the molecule is CC1=CC[C@@H](C2(C)CN2c2cc(C(F)(F)F)cc(C(F)(F)F)c2)CC1=O. The van der Waals surface area contributed by atoms with E-state index in [1.807, 2.05) is 0 Å². The summed E-state index contributed by atoms with van der Waals surface area (Å²) >= 11 is 0. The fraction of sp³-hybridized carbons (Fsp3) is 0.500. The largest absolute Gasteiger partial charge is 0.416 e. The molecule has 0 saturated carbocycles. The van der Waals surface area contributed by atoms with Crippen LogP contribution in [0.2, 0.25) is 0 Å². The first-order valence-electron chi connectivity index (χ1n) is 8.09. The number of Topliss-reactive ketones (excluding diaryl/α,β-unsaturated/α-hetero) is 1. The van der Waals surface area contributed by atoms with Crippen LogP contribution in [0.15, 0.2) is 29.8 Å². The average molecular weight is 377 g/mol. The Morgan fingerprint density at radius 2 is 1.58 bits per heavy atom. The molecule has 3 rings (SSSR count). The summed E-state index contributed by atoms with van der Waals surface area (Å²) in [6, 6.07) is 1.61. The summed E-state index contributed by atoms with van der Waals surface area (Å²) in [6.45, 7) is 3.79. The standard InChI is InChI=1S/C18H17F6NO/c1-10-3-4-11(8-15(10)26)16(2)9-25(16)14-6-12(17(19,20)21)5-13(7-14)18(22,23)24/h3,5-7,11H,4,8-9H2,1-2H3/t11-,16?,25?/m1/s1. The summed E-state index contributed by atoms with van der Waals surface area (Å²) in [5, 5.41) is 0. The van der Waals surface area contributed by atoms with E-state index in [1.54, 1.807) is 19.9 Å². The van der Waals surface area contributed by atoms with E-state index >= 15 is 0 Å². The van der Waals surface area contributed by atoms with E-state index in [9.17, 15) is 31.1 Å². The van der Waals surface area contributed by atoms with Crippen LogP contribution >= 0.6 is 0 Å². The summed E-state index contributed by atoms with van der Waals surface area (Å²) in [6.07, 6.45) is -7.13. The number of rotatable bonds is 2. The zero-order valence-electron chi connectivity index (χ0n) is 14.1. The molecular weight excluding hydrogens is 360 g/mol. The molecule has 1 aliphatic heterocycles. The van der Waals surface area contributed by atoms with Gasteiger partial charge in [0.1, 0.15) is 0 Å². The first-order chi connectivity index (χ1) is 11.8. The Morgan fingerprint density at radius 3 is 2.04 bits per heavy atom. The van der Waals surface area contributed by atoms with Gasteiger partial charge in [0.2, 0.25) is 0 Å². The van der Waals surface area contributed by atoms with Gasteiger partial charge in [-0.15, -0.1) is 0 Å². The zero-order valence-corrected chi connectivity index (χ0v) is 14.1. The molecular formula is C18H17F6NO. The van der Waals surface area contributed by atoms with Gasteiger partial charge in [-0.3, -0.25) is 4.79 Å². The van der Waals surface area contributed by atoms with Crippen molar-refractivity contribution in [3.63, 3.8) is 0 Å². The van der Waals surface area contributed by atoms with Gasteiger partial charge in [-0.1, -0.05) is 6.08 Å². The maximum absolute atomic E-state index is 13.0. The highest BCUT2D eigenvalue weighted by molar-refractivity contribution is 5.96. The Labute approximate surface area is 146 Å². The number of halogens is 6. The Morgan fingerprint density at radius 1 is 1.04 bits per heavy atom. The lowest BCUT2D eigenvalue weighted by Gasteiger charge is -2.27. The van der Waals surface area contributed by atoms with E-state index in [4.69, 9.17) is 0 Å². The van der Waals surface area contributed by atoms with Crippen LogP contribution in [-0.4, -0.2) is 17.9 Å². The third-order valence-electron chi connectivity index (χ3n) is 5.34. The molecule has 0 radical (unpaired) electrons. The second-order valence-corrected chi connectivity index (χ2v) is 7.15. The van der Waals surface area contributed by atoms with Crippen LogP contribution in [0.1, 0.15) is 37.8 Å². The number of carbonyl (C=O) groups is 1. The topological polar surface area (TPSA) is 20.1 Å². The van der Waals surface area contributed by atoms with E-state index in [1.165, 1.54) is 4.90 Å². The van der Waals surface area contributed by atoms with Crippen molar-refractivity contribution in [2.45, 2.75) is 44.6 Å². The minimum absolute atomic E-state index is 0.0330. The number of ketones is 1. The molecule has 1 heterocycles. The molecule has 142 valence electrons. The molecule has 1 fully saturated rings. The number of nitrogens with zero attached hydrogens (tertiary/aromatic N) is 1. The van der Waals surface area contributed by atoms with Gasteiger partial charge >= 0.3 is 12.4 Å². The molecule has 0 aromatic heterocycles. The van der Waals surface area contributed by atoms with Crippen LogP contribution in [0.3, 0.4) is 0 Å². The molecule has 1 aromatic carbocycles. The van der Waals surface area contributed by atoms with Gasteiger partial charge in [-0.05, 0) is 50.0 Å². The fourth-order valence-corrected chi connectivity index (χ4v) is 3.49. The van der Waals surface area contributed by atoms with Gasteiger partial charge in [-0.25, -0.2) is 0 Å². The monoisotopic (exact) mass is 377 g/mol. The molecule has 0 N–H and O–H groups in total. The van der Waals surface area contributed by atoms with Crippen LogP contribution in [0.25, 0.3) is 0 Å². The highest BCUT2D eigenvalue weighted by atomic mass is 19.4. The molecule has 2 aliphatic rings. The summed E-state index contributed by atoms with van der Waals surface area (Å²) in [5.74, 6) is -0.170. The second kappa shape index (κ2) is 5.76. The molecule has 1 aromatic rings. The summed E-state index contributed by atoms with van der Waals surface area (Å²) < 4.78 is 78.1. The lowest BCUT2D eigenvalue weighted by atomic mass is 9.80. The van der Waals surface area contributed by atoms with Gasteiger partial charge in [-0.2, -0.15) is 26.3 Å². The smallest absolute Gasteiger partial charge is 0.362 e. The van der Waals surface area contributed by atoms with Gasteiger partial charge in [0.25, 0.3) is 0 Å². The number of hydrogen-bond donors (Lipinski definition) is 0. The Hall–Kier alpha value is -1.99. The predicted molar refractivity (Wildman–Crippen MR) is 83.7 cm³/mol. The van der Waals surface area contributed by atoms with E-state index in [0.717, 1.165) is 12.1 Å². The molecule has 1 aliphatic carbocycles. The number of alkyl halides is 6. The van der Waals surface area contributed by atoms with Crippen molar-refractivity contribution in [3.8, 4) is 0 Å². The Bertz CT molecular complexity index is 747. The minimum atomic E-state index is -4.87. The van der Waals surface area contributed by atoms with Crippen molar-refractivity contribution >= 4 is 11.5 Å². The normalized spacial score (nSPS) is 26.8. The number of anilines is 1. The average Bonchev–Trinajstić information content (AvgIpc) is 3.21. The van der Waals surface area contributed by atoms with Gasteiger partial charge < -0.3 is 4.90 Å². The Balaban J connectivity index is 1.94. The quantitative estimate of drug-likeness (QED) is 0.520. The maximum atomic E-state index is 13.0. The first kappa shape index (κ1) is 18.8. The third kappa shape index (κ3) is 3.33. The Kier molecular flexibility index (Phi) is 4.16. The lowest BCUT2D eigenvalue weighted by Crippen LogP contribution is -2.30. The molecule has 8 heteroatoms. The molecule has 26 heavy (non-hydrogen) atoms. The number of benzene rings is 1. The molecule has 0 amide bonds. The highest BCUT2D eigenvalue weighted by Crippen LogP contribution is 2.49. The van der Waals surface area contributed by atoms with E-state index < -0.39 is 29.0 Å². The van der Waals surface area contributed by atoms with Crippen LogP contribution in [0.5, 0.6) is 0 Å². The van der Waals surface area contributed by atoms with Gasteiger partial charge in [0.15, 0.2) is 5.78 Å². The van der Waals surface area contributed by atoms with Crippen molar-refractivity contribution in [1.82, 2.24) is 0 Å². The number of allylic oxidation sites excluding steroid dienone is 2. The lowest BCUT2D eigenvalue weighted by molar-refractivity contribution is -0.143. The second-order valence-electron chi connectivity index (χ2n) is 7.15. The molecule has 1 unspecified atom stereocenters. The van der Waals surface area contributed by atoms with E-state index in [0.29, 0.717) is 18.5 Å². The number of carbonyl (C=O) groups excluding carboxylic acids is 1. The van der Waals surface area contributed by atoms with Crippen LogP contribution in [0.4, 0.5) is 32.0 Å². The summed E-state index contributed by atoms with van der Waals surface area (Å²) in [5.41, 5.74) is -2.75. The third-order valence-corrected chi connectivity index (χ3v) is 5.34. The molecule has 0 bridgehead atoms. The van der Waals surface area contributed by atoms with Crippen LogP contribution < -0.4 is 4.90 Å². The van der Waals surface area contributed by atoms with Crippen molar-refractivity contribution < 1.29 is 31.1 Å². The minimum Gasteiger partial charge on any atom is -0.362 e. The number of hydrogen-bond acceptors (Lipinski definition) is 2. The molecule has 0 spiro atoms. The molecule has 1 saturated heterocycles. The van der Waals surface area contributed by atoms with Crippen LogP contribution in [0, 0.1) is 5.92 Å². The fourth-order valence-electron chi connectivity index (χ4n) is 3.49. The molecule has 2 nitrogen and oxygen atoms in total. The van der Waals surface area contributed by atoms with Crippen molar-refractivity contribution in [3.05, 3.63) is 41.0 Å². The predicted octanol–water partition coefficient (Wildman–Crippen LogP) is 5.23. The molecule has 2 atom stereocenters. The van der Waals surface area contributed by atoms with Gasteiger partial charge in [0, 0.05) is 18.7 Å². The maximum Gasteiger partial charge on any atom is 0.416 e. The van der Waals surface area contributed by atoms with Gasteiger partial charge in [0.05, 0.1) is 16.7 Å². The van der Waals surface area contributed by atoms with Crippen molar-refractivity contribution in [1.29, 1.82) is 0 Å².